The lowest BCUT2D eigenvalue weighted by molar-refractivity contribution is 0.112. The maximum absolute atomic E-state index is 10.3. The Hall–Kier alpha value is -1.51. The minimum Gasteiger partial charge on any atom is -0.506 e. The van der Waals surface area contributed by atoms with Crippen molar-refractivity contribution in [3.8, 4) is 5.75 Å². The monoisotopic (exact) mass is 165 g/mol. The normalized spacial score (nSPS) is 9.50. The van der Waals surface area contributed by atoms with E-state index in [0.29, 0.717) is 17.5 Å². The summed E-state index contributed by atoms with van der Waals surface area (Å²) in [6.07, 6.45) is 0.708. The first-order valence-electron chi connectivity index (χ1n) is 3.60. The van der Waals surface area contributed by atoms with Gasteiger partial charge in [0, 0.05) is 19.7 Å². The van der Waals surface area contributed by atoms with Gasteiger partial charge in [0.15, 0.2) is 0 Å². The predicted molar refractivity (Wildman–Crippen MR) is 47.8 cm³/mol. The van der Waals surface area contributed by atoms with E-state index in [4.69, 9.17) is 0 Å². The van der Waals surface area contributed by atoms with Crippen molar-refractivity contribution in [1.29, 1.82) is 0 Å². The molecule has 0 saturated heterocycles. The van der Waals surface area contributed by atoms with Crippen molar-refractivity contribution < 1.29 is 9.90 Å². The Morgan fingerprint density at radius 3 is 2.50 bits per heavy atom. The fraction of sp³-hybridized carbons (Fsp3) is 0.222. The molecule has 1 aromatic carbocycles. The van der Waals surface area contributed by atoms with E-state index in [0.717, 1.165) is 0 Å². The number of rotatable bonds is 2. The van der Waals surface area contributed by atoms with Crippen LogP contribution in [0.5, 0.6) is 5.75 Å². The molecule has 0 aliphatic heterocycles. The molecule has 1 aromatic rings. The zero-order valence-electron chi connectivity index (χ0n) is 7.11. The van der Waals surface area contributed by atoms with E-state index in [9.17, 15) is 9.90 Å². The number of phenols is 1. The Balaban J connectivity index is 3.11. The molecule has 1 N–H and O–H groups in total. The molecule has 0 radical (unpaired) electrons. The second-order valence-corrected chi connectivity index (χ2v) is 2.76. The Morgan fingerprint density at radius 1 is 1.42 bits per heavy atom. The number of phenolic OH excluding ortho intramolecular Hbond substituents is 1. The Labute approximate surface area is 71.2 Å². The third kappa shape index (κ3) is 1.56. The average molecular weight is 165 g/mol. The van der Waals surface area contributed by atoms with Crippen LogP contribution in [0.15, 0.2) is 18.2 Å². The molecule has 0 amide bonds. The first kappa shape index (κ1) is 8.59. The second-order valence-electron chi connectivity index (χ2n) is 2.76. The number of carbonyl (C=O) groups is 1. The van der Waals surface area contributed by atoms with E-state index < -0.39 is 0 Å². The molecule has 0 fully saturated rings. The molecule has 64 valence electrons. The first-order chi connectivity index (χ1) is 5.65. The molecule has 0 saturated carbocycles. The Kier molecular flexibility index (Phi) is 2.33. The fourth-order valence-corrected chi connectivity index (χ4v) is 0.992. The van der Waals surface area contributed by atoms with Crippen LogP contribution in [0.3, 0.4) is 0 Å². The highest BCUT2D eigenvalue weighted by molar-refractivity contribution is 5.77. The average Bonchev–Trinajstić information content (AvgIpc) is 2.03. The summed E-state index contributed by atoms with van der Waals surface area (Å²) >= 11 is 0. The van der Waals surface area contributed by atoms with E-state index in [1.165, 1.54) is 6.07 Å². The summed E-state index contributed by atoms with van der Waals surface area (Å²) < 4.78 is 0. The summed E-state index contributed by atoms with van der Waals surface area (Å²) in [6, 6.07) is 4.82. The van der Waals surface area contributed by atoms with Gasteiger partial charge in [0.1, 0.15) is 12.0 Å². The lowest BCUT2D eigenvalue weighted by Gasteiger charge is -2.13. The van der Waals surface area contributed by atoms with Gasteiger partial charge in [-0.3, -0.25) is 4.79 Å². The number of hydrogen-bond acceptors (Lipinski definition) is 3. The summed E-state index contributed by atoms with van der Waals surface area (Å²) in [6.45, 7) is 0. The summed E-state index contributed by atoms with van der Waals surface area (Å²) in [5.74, 6) is 0.129. The number of carbonyl (C=O) groups excluding carboxylic acids is 1. The van der Waals surface area contributed by atoms with E-state index in [1.807, 2.05) is 14.1 Å². The fourth-order valence-electron chi connectivity index (χ4n) is 0.992. The van der Waals surface area contributed by atoms with Crippen LogP contribution in [0.2, 0.25) is 0 Å². The SMILES string of the molecule is CN(C)c1ccc(C=O)cc1O. The smallest absolute Gasteiger partial charge is 0.150 e. The van der Waals surface area contributed by atoms with E-state index in [1.54, 1.807) is 17.0 Å². The minimum atomic E-state index is 0.129. The molecule has 0 unspecified atom stereocenters. The highest BCUT2D eigenvalue weighted by Crippen LogP contribution is 2.25. The zero-order chi connectivity index (χ0) is 9.14. The largest absolute Gasteiger partial charge is 0.506 e. The van der Waals surface area contributed by atoms with Crippen LogP contribution in [-0.2, 0) is 0 Å². The van der Waals surface area contributed by atoms with Crippen LogP contribution in [0.1, 0.15) is 10.4 Å². The van der Waals surface area contributed by atoms with E-state index in [2.05, 4.69) is 0 Å². The molecule has 0 atom stereocenters. The van der Waals surface area contributed by atoms with Crippen molar-refractivity contribution in [3.05, 3.63) is 23.8 Å². The van der Waals surface area contributed by atoms with Crippen molar-refractivity contribution in [2.45, 2.75) is 0 Å². The van der Waals surface area contributed by atoms with Gasteiger partial charge in [-0.25, -0.2) is 0 Å². The van der Waals surface area contributed by atoms with Gasteiger partial charge in [-0.1, -0.05) is 0 Å². The molecule has 0 aromatic heterocycles. The summed E-state index contributed by atoms with van der Waals surface area (Å²) in [7, 11) is 3.66. The maximum Gasteiger partial charge on any atom is 0.150 e. The van der Waals surface area contributed by atoms with Gasteiger partial charge in [0.2, 0.25) is 0 Å². The predicted octanol–water partition coefficient (Wildman–Crippen LogP) is 1.27. The van der Waals surface area contributed by atoms with Crippen LogP contribution < -0.4 is 4.90 Å². The number of hydrogen-bond donors (Lipinski definition) is 1. The van der Waals surface area contributed by atoms with Crippen molar-refractivity contribution in [2.24, 2.45) is 0 Å². The molecule has 0 heterocycles. The van der Waals surface area contributed by atoms with Crippen LogP contribution in [0.25, 0.3) is 0 Å². The zero-order valence-corrected chi connectivity index (χ0v) is 7.11. The van der Waals surface area contributed by atoms with Crippen LogP contribution in [0, 0.1) is 0 Å². The first-order valence-corrected chi connectivity index (χ1v) is 3.60. The molecule has 3 nitrogen and oxygen atoms in total. The van der Waals surface area contributed by atoms with Crippen molar-refractivity contribution in [3.63, 3.8) is 0 Å². The number of aromatic hydroxyl groups is 1. The Morgan fingerprint density at radius 2 is 2.08 bits per heavy atom. The lowest BCUT2D eigenvalue weighted by atomic mass is 10.2. The summed E-state index contributed by atoms with van der Waals surface area (Å²) in [5.41, 5.74) is 1.19. The molecule has 0 spiro atoms. The second kappa shape index (κ2) is 3.26. The highest BCUT2D eigenvalue weighted by Gasteiger charge is 2.02. The third-order valence-corrected chi connectivity index (χ3v) is 1.62. The molecule has 0 bridgehead atoms. The molecule has 0 aliphatic rings. The van der Waals surface area contributed by atoms with Crippen molar-refractivity contribution in [1.82, 2.24) is 0 Å². The topological polar surface area (TPSA) is 40.5 Å². The summed E-state index contributed by atoms with van der Waals surface area (Å²) in [5, 5.41) is 9.39. The van der Waals surface area contributed by atoms with Crippen LogP contribution in [-0.4, -0.2) is 25.5 Å². The van der Waals surface area contributed by atoms with Gasteiger partial charge in [-0.05, 0) is 18.2 Å². The number of nitrogens with zero attached hydrogens (tertiary/aromatic N) is 1. The van der Waals surface area contributed by atoms with Crippen LogP contribution >= 0.6 is 0 Å². The molecular weight excluding hydrogens is 154 g/mol. The van der Waals surface area contributed by atoms with Crippen molar-refractivity contribution in [2.75, 3.05) is 19.0 Å². The van der Waals surface area contributed by atoms with Gasteiger partial charge < -0.3 is 10.0 Å². The molecule has 3 heteroatoms. The van der Waals surface area contributed by atoms with Gasteiger partial charge in [0.25, 0.3) is 0 Å². The lowest BCUT2D eigenvalue weighted by Crippen LogP contribution is -2.08. The summed E-state index contributed by atoms with van der Waals surface area (Å²) in [4.78, 5) is 12.1. The van der Waals surface area contributed by atoms with Crippen LogP contribution in [0.4, 0.5) is 5.69 Å². The highest BCUT2D eigenvalue weighted by atomic mass is 16.3. The molecular formula is C9H11NO2. The number of anilines is 1. The van der Waals surface area contributed by atoms with Gasteiger partial charge in [-0.2, -0.15) is 0 Å². The molecule has 0 aliphatic carbocycles. The van der Waals surface area contributed by atoms with E-state index in [-0.39, 0.29) is 5.75 Å². The van der Waals surface area contributed by atoms with E-state index >= 15 is 0 Å². The standard InChI is InChI=1S/C9H11NO2/c1-10(2)8-4-3-7(6-11)5-9(8)12/h3-6,12H,1-2H3. The number of benzene rings is 1. The van der Waals surface area contributed by atoms with Gasteiger partial charge in [-0.15, -0.1) is 0 Å². The quantitative estimate of drug-likeness (QED) is 0.671. The maximum atomic E-state index is 10.3. The molecule has 12 heavy (non-hydrogen) atoms. The Bertz CT molecular complexity index is 295. The van der Waals surface area contributed by atoms with Crippen molar-refractivity contribution >= 4 is 12.0 Å². The minimum absolute atomic E-state index is 0.129. The third-order valence-electron chi connectivity index (χ3n) is 1.62. The molecule has 1 rings (SSSR count). The number of aldehydes is 1. The van der Waals surface area contributed by atoms with Gasteiger partial charge >= 0.3 is 0 Å². The van der Waals surface area contributed by atoms with Gasteiger partial charge in [0.05, 0.1) is 5.69 Å².